The number of imide groups is 1. The maximum atomic E-state index is 13.3. The van der Waals surface area contributed by atoms with Crippen molar-refractivity contribution in [2.45, 2.75) is 32.1 Å². The molecule has 1 aromatic rings. The van der Waals surface area contributed by atoms with E-state index in [1.165, 1.54) is 24.9 Å². The van der Waals surface area contributed by atoms with E-state index in [2.05, 4.69) is 10.2 Å². The molecule has 3 N–H and O–H groups in total. The number of rotatable bonds is 5. The van der Waals surface area contributed by atoms with E-state index >= 15 is 0 Å². The van der Waals surface area contributed by atoms with Crippen LogP contribution >= 0.6 is 0 Å². The Morgan fingerprint density at radius 2 is 1.78 bits per heavy atom. The van der Waals surface area contributed by atoms with Crippen LogP contribution in [0, 0.1) is 5.41 Å². The summed E-state index contributed by atoms with van der Waals surface area (Å²) in [6.45, 7) is 5.59. The highest BCUT2D eigenvalue weighted by atomic mass is 16.5. The maximum Gasteiger partial charge on any atom is 0.328 e. The molecule has 0 atom stereocenters. The van der Waals surface area contributed by atoms with Crippen LogP contribution in [0.15, 0.2) is 18.2 Å². The van der Waals surface area contributed by atoms with Gasteiger partial charge in [-0.2, -0.15) is 0 Å². The molecule has 0 unspecified atom stereocenters. The molecule has 4 rings (SSSR count). The first-order chi connectivity index (χ1) is 15.4. The number of likely N-dealkylation sites (tertiary alicyclic amines) is 2. The molecule has 9 nitrogen and oxygen atoms in total. The van der Waals surface area contributed by atoms with Crippen molar-refractivity contribution in [3.05, 3.63) is 23.8 Å². The second-order valence-corrected chi connectivity index (χ2v) is 9.06. The number of hydrogen-bond acceptors (Lipinski definition) is 6. The van der Waals surface area contributed by atoms with Crippen molar-refractivity contribution in [2.75, 3.05) is 57.8 Å². The molecule has 0 radical (unpaired) electrons. The van der Waals surface area contributed by atoms with Gasteiger partial charge in [0.1, 0.15) is 5.75 Å². The molecule has 0 aliphatic carbocycles. The zero-order chi connectivity index (χ0) is 22.7. The number of nitrogens with zero attached hydrogens (tertiary/aromatic N) is 3. The van der Waals surface area contributed by atoms with E-state index in [4.69, 9.17) is 10.5 Å². The molecule has 3 aliphatic rings. The first-order valence-electron chi connectivity index (χ1n) is 11.5. The number of hydrogen-bond donors (Lipinski definition) is 2. The van der Waals surface area contributed by atoms with Gasteiger partial charge < -0.3 is 20.3 Å². The van der Waals surface area contributed by atoms with Gasteiger partial charge in [0.2, 0.25) is 5.91 Å². The van der Waals surface area contributed by atoms with Gasteiger partial charge in [0, 0.05) is 44.7 Å². The molecule has 1 spiro atoms. The Balaban J connectivity index is 1.43. The highest BCUT2D eigenvalue weighted by Crippen LogP contribution is 2.41. The fourth-order valence-electron chi connectivity index (χ4n) is 5.13. The number of benzene rings is 1. The highest BCUT2D eigenvalue weighted by Gasteiger charge is 2.38. The Morgan fingerprint density at radius 3 is 2.41 bits per heavy atom. The standard InChI is InChI=1S/C23H33N5O4/c1-32-19-3-2-17(16-18(19)28-10-4-20(29)25-22(28)31)21(30)27-13-7-23(8-14-27)5-11-26(12-6-23)15-9-24/h2-3,16H,4-15,24H2,1H3,(H,25,29,31). The first-order valence-corrected chi connectivity index (χ1v) is 11.5. The van der Waals surface area contributed by atoms with E-state index in [9.17, 15) is 14.4 Å². The topological polar surface area (TPSA) is 108 Å². The number of urea groups is 1. The quantitative estimate of drug-likeness (QED) is 0.713. The van der Waals surface area contributed by atoms with E-state index < -0.39 is 6.03 Å². The molecule has 174 valence electrons. The van der Waals surface area contributed by atoms with Crippen molar-refractivity contribution in [2.24, 2.45) is 11.1 Å². The molecule has 9 heteroatoms. The van der Waals surface area contributed by atoms with Crippen LogP contribution in [0.2, 0.25) is 0 Å². The second kappa shape index (κ2) is 9.46. The van der Waals surface area contributed by atoms with Crippen molar-refractivity contribution in [3.8, 4) is 5.75 Å². The predicted molar refractivity (Wildman–Crippen MR) is 121 cm³/mol. The Bertz CT molecular complexity index is 871. The summed E-state index contributed by atoms with van der Waals surface area (Å²) in [6, 6.07) is 4.66. The largest absolute Gasteiger partial charge is 0.495 e. The Kier molecular flexibility index (Phi) is 6.66. The molecule has 0 saturated carbocycles. The van der Waals surface area contributed by atoms with Gasteiger partial charge in [-0.15, -0.1) is 0 Å². The lowest BCUT2D eigenvalue weighted by Gasteiger charge is -2.47. The third kappa shape index (κ3) is 4.59. The van der Waals surface area contributed by atoms with E-state index in [-0.39, 0.29) is 24.8 Å². The van der Waals surface area contributed by atoms with Crippen LogP contribution in [-0.2, 0) is 4.79 Å². The average Bonchev–Trinajstić information content (AvgIpc) is 2.81. The van der Waals surface area contributed by atoms with Crippen LogP contribution in [-0.4, -0.2) is 80.6 Å². The van der Waals surface area contributed by atoms with Gasteiger partial charge in [-0.05, 0) is 62.4 Å². The molecule has 3 saturated heterocycles. The van der Waals surface area contributed by atoms with Crippen LogP contribution in [0.4, 0.5) is 10.5 Å². The number of anilines is 1. The molecule has 3 heterocycles. The summed E-state index contributed by atoms with van der Waals surface area (Å²) in [4.78, 5) is 42.9. The van der Waals surface area contributed by atoms with Crippen molar-refractivity contribution >= 4 is 23.5 Å². The van der Waals surface area contributed by atoms with Gasteiger partial charge in [-0.25, -0.2) is 4.79 Å². The van der Waals surface area contributed by atoms with Crippen LogP contribution < -0.4 is 20.7 Å². The molecular weight excluding hydrogens is 410 g/mol. The van der Waals surface area contributed by atoms with Gasteiger partial charge >= 0.3 is 6.03 Å². The van der Waals surface area contributed by atoms with Gasteiger partial charge in [0.25, 0.3) is 5.91 Å². The number of nitrogens with one attached hydrogen (secondary N) is 1. The van der Waals surface area contributed by atoms with Gasteiger partial charge in [-0.1, -0.05) is 0 Å². The molecule has 3 fully saturated rings. The lowest BCUT2D eigenvalue weighted by Crippen LogP contribution is -2.50. The fourth-order valence-corrected chi connectivity index (χ4v) is 5.13. The number of piperidine rings is 2. The van der Waals surface area contributed by atoms with E-state index in [0.717, 1.165) is 45.6 Å². The molecule has 0 aromatic heterocycles. The fraction of sp³-hybridized carbons (Fsp3) is 0.609. The minimum atomic E-state index is -0.495. The monoisotopic (exact) mass is 443 g/mol. The number of ether oxygens (including phenoxy) is 1. The Labute approximate surface area is 188 Å². The zero-order valence-electron chi connectivity index (χ0n) is 18.8. The summed E-state index contributed by atoms with van der Waals surface area (Å²) in [5.41, 5.74) is 7.06. The average molecular weight is 444 g/mol. The summed E-state index contributed by atoms with van der Waals surface area (Å²) >= 11 is 0. The minimum absolute atomic E-state index is 0.0298. The van der Waals surface area contributed by atoms with Crippen LogP contribution in [0.25, 0.3) is 0 Å². The number of amides is 4. The van der Waals surface area contributed by atoms with Gasteiger partial charge in [0.05, 0.1) is 12.8 Å². The lowest BCUT2D eigenvalue weighted by molar-refractivity contribution is -0.120. The maximum absolute atomic E-state index is 13.3. The summed E-state index contributed by atoms with van der Waals surface area (Å²) in [5, 5.41) is 2.32. The van der Waals surface area contributed by atoms with E-state index in [1.807, 2.05) is 4.90 Å². The van der Waals surface area contributed by atoms with Crippen molar-refractivity contribution < 1.29 is 19.1 Å². The third-order valence-electron chi connectivity index (χ3n) is 7.24. The van der Waals surface area contributed by atoms with Crippen LogP contribution in [0.1, 0.15) is 42.5 Å². The molecule has 3 aliphatic heterocycles. The van der Waals surface area contributed by atoms with E-state index in [0.29, 0.717) is 29.0 Å². The van der Waals surface area contributed by atoms with Crippen LogP contribution in [0.5, 0.6) is 5.75 Å². The second-order valence-electron chi connectivity index (χ2n) is 9.06. The molecule has 0 bridgehead atoms. The minimum Gasteiger partial charge on any atom is -0.495 e. The summed E-state index contributed by atoms with van der Waals surface area (Å²) < 4.78 is 5.41. The van der Waals surface area contributed by atoms with Crippen molar-refractivity contribution in [3.63, 3.8) is 0 Å². The summed E-state index contributed by atoms with van der Waals surface area (Å²) in [5.74, 6) is 0.166. The number of nitrogens with two attached hydrogens (primary N) is 1. The third-order valence-corrected chi connectivity index (χ3v) is 7.24. The van der Waals surface area contributed by atoms with Gasteiger partial charge in [-0.3, -0.25) is 19.8 Å². The van der Waals surface area contributed by atoms with E-state index in [1.54, 1.807) is 18.2 Å². The lowest BCUT2D eigenvalue weighted by atomic mass is 9.71. The van der Waals surface area contributed by atoms with Gasteiger partial charge in [0.15, 0.2) is 0 Å². The Hall–Kier alpha value is -2.65. The summed E-state index contributed by atoms with van der Waals surface area (Å²) in [7, 11) is 1.52. The Morgan fingerprint density at radius 1 is 1.09 bits per heavy atom. The predicted octanol–water partition coefficient (Wildman–Crippen LogP) is 1.42. The molecule has 1 aromatic carbocycles. The zero-order valence-corrected chi connectivity index (χ0v) is 18.8. The van der Waals surface area contributed by atoms with Crippen molar-refractivity contribution in [1.29, 1.82) is 0 Å². The van der Waals surface area contributed by atoms with Crippen molar-refractivity contribution in [1.82, 2.24) is 15.1 Å². The number of carbonyl (C=O) groups is 3. The normalized spacial score (nSPS) is 21.6. The SMILES string of the molecule is COc1ccc(C(=O)N2CCC3(CCN(CCN)CC3)CC2)cc1N1CCC(=O)NC1=O. The smallest absolute Gasteiger partial charge is 0.328 e. The molecular formula is C23H33N5O4. The van der Waals surface area contributed by atoms with Crippen LogP contribution in [0.3, 0.4) is 0 Å². The number of carbonyl (C=O) groups excluding carboxylic acids is 3. The number of methoxy groups -OCH3 is 1. The first kappa shape index (κ1) is 22.5. The molecule has 4 amide bonds. The molecule has 32 heavy (non-hydrogen) atoms. The highest BCUT2D eigenvalue weighted by molar-refractivity contribution is 6.07. The summed E-state index contributed by atoms with van der Waals surface area (Å²) in [6.07, 6.45) is 4.60.